The summed E-state index contributed by atoms with van der Waals surface area (Å²) in [4.78, 5) is 6.94. The van der Waals surface area contributed by atoms with Crippen molar-refractivity contribution >= 4 is 21.7 Å². The van der Waals surface area contributed by atoms with Gasteiger partial charge in [0.05, 0.1) is 6.20 Å². The van der Waals surface area contributed by atoms with Crippen molar-refractivity contribution < 1.29 is 8.78 Å². The van der Waals surface area contributed by atoms with Crippen LogP contribution in [0.25, 0.3) is 0 Å². The van der Waals surface area contributed by atoms with E-state index in [1.54, 1.807) is 0 Å². The van der Waals surface area contributed by atoms with Crippen molar-refractivity contribution in [3.05, 3.63) is 16.5 Å². The van der Waals surface area contributed by atoms with Crippen LogP contribution in [0.4, 0.5) is 14.6 Å². The van der Waals surface area contributed by atoms with Crippen LogP contribution in [0.3, 0.4) is 0 Å². The minimum atomic E-state index is -2.68. The maximum Gasteiger partial charge on any atom is 0.284 e. The van der Waals surface area contributed by atoms with Crippen LogP contribution in [0.5, 0.6) is 0 Å². The largest absolute Gasteiger partial charge is 0.382 e. The molecule has 0 fully saturated rings. The molecule has 0 aliphatic rings. The number of halogens is 3. The lowest BCUT2D eigenvalue weighted by Crippen LogP contribution is -2.01. The summed E-state index contributed by atoms with van der Waals surface area (Å²) in [6, 6.07) is 0. The van der Waals surface area contributed by atoms with Gasteiger partial charge in [-0.25, -0.2) is 18.7 Å². The molecule has 0 aliphatic carbocycles. The van der Waals surface area contributed by atoms with Gasteiger partial charge in [-0.2, -0.15) is 0 Å². The first-order valence-electron chi connectivity index (χ1n) is 2.67. The number of nitrogens with two attached hydrogens (primary N) is 1. The first-order valence-corrected chi connectivity index (χ1v) is 3.46. The molecule has 1 heterocycles. The van der Waals surface area contributed by atoms with Crippen LogP contribution in [0, 0.1) is 0 Å². The van der Waals surface area contributed by atoms with E-state index in [4.69, 9.17) is 5.73 Å². The fraction of sp³-hybridized carbons (Fsp3) is 0.200. The lowest BCUT2D eigenvalue weighted by Gasteiger charge is -2.01. The Bertz CT molecular complexity index is 266. The van der Waals surface area contributed by atoms with Crippen LogP contribution in [0.15, 0.2) is 10.8 Å². The molecular formula is C5H4BrF2N3. The number of aromatic nitrogens is 2. The molecule has 2 N–H and O–H groups in total. The topological polar surface area (TPSA) is 51.8 Å². The number of alkyl halides is 2. The van der Waals surface area contributed by atoms with Gasteiger partial charge in [-0.15, -0.1) is 0 Å². The molecule has 1 rings (SSSR count). The van der Waals surface area contributed by atoms with Crippen molar-refractivity contribution in [2.24, 2.45) is 0 Å². The number of hydrogen-bond acceptors (Lipinski definition) is 3. The number of rotatable bonds is 1. The van der Waals surface area contributed by atoms with E-state index in [1.165, 1.54) is 6.20 Å². The lowest BCUT2D eigenvalue weighted by molar-refractivity contribution is 0.146. The van der Waals surface area contributed by atoms with Crippen LogP contribution >= 0.6 is 15.9 Å². The molecule has 0 atom stereocenters. The minimum Gasteiger partial charge on any atom is -0.382 e. The highest BCUT2D eigenvalue weighted by molar-refractivity contribution is 9.10. The average Bonchev–Trinajstić information content (AvgIpc) is 1.94. The normalized spacial score (nSPS) is 10.5. The van der Waals surface area contributed by atoms with Gasteiger partial charge in [0, 0.05) is 0 Å². The van der Waals surface area contributed by atoms with Gasteiger partial charge in [-0.05, 0) is 15.9 Å². The molecule has 1 aromatic rings. The Kier molecular flexibility index (Phi) is 2.33. The second kappa shape index (κ2) is 3.08. The van der Waals surface area contributed by atoms with E-state index < -0.39 is 12.1 Å². The minimum absolute atomic E-state index is 0.233. The molecule has 0 radical (unpaired) electrons. The fourth-order valence-corrected chi connectivity index (χ4v) is 0.844. The van der Waals surface area contributed by atoms with Crippen LogP contribution in [0.1, 0.15) is 12.1 Å². The number of hydrogen-bond donors (Lipinski definition) is 1. The highest BCUT2D eigenvalue weighted by Crippen LogP contribution is 2.22. The Hall–Kier alpha value is -0.780. The van der Waals surface area contributed by atoms with Crippen LogP contribution in [-0.4, -0.2) is 9.97 Å². The molecule has 0 aliphatic heterocycles. The van der Waals surface area contributed by atoms with E-state index in [9.17, 15) is 8.78 Å². The van der Waals surface area contributed by atoms with Crippen molar-refractivity contribution in [2.75, 3.05) is 5.73 Å². The third-order valence-electron chi connectivity index (χ3n) is 1.01. The molecular weight excluding hydrogens is 220 g/mol. The van der Waals surface area contributed by atoms with Crippen molar-refractivity contribution in [1.82, 2.24) is 9.97 Å². The van der Waals surface area contributed by atoms with Crippen molar-refractivity contribution in [1.29, 1.82) is 0 Å². The molecule has 0 aromatic carbocycles. The average molecular weight is 224 g/mol. The summed E-state index contributed by atoms with van der Waals surface area (Å²) in [5.41, 5.74) is 4.63. The second-order valence-corrected chi connectivity index (χ2v) is 2.58. The summed E-state index contributed by atoms with van der Waals surface area (Å²) >= 11 is 2.90. The molecule has 0 amide bonds. The van der Waals surface area contributed by atoms with Gasteiger partial charge < -0.3 is 5.73 Å². The zero-order valence-corrected chi connectivity index (χ0v) is 6.85. The summed E-state index contributed by atoms with van der Waals surface area (Å²) in [5, 5.41) is 0. The van der Waals surface area contributed by atoms with E-state index in [1.807, 2.05) is 0 Å². The van der Waals surface area contributed by atoms with E-state index >= 15 is 0 Å². The molecule has 0 saturated carbocycles. The van der Waals surface area contributed by atoms with Crippen LogP contribution < -0.4 is 5.73 Å². The van der Waals surface area contributed by atoms with Gasteiger partial charge >= 0.3 is 0 Å². The fourth-order valence-electron chi connectivity index (χ4n) is 0.551. The predicted molar refractivity (Wildman–Crippen MR) is 39.1 cm³/mol. The molecule has 1 aromatic heterocycles. The quantitative estimate of drug-likeness (QED) is 0.790. The third-order valence-corrected chi connectivity index (χ3v) is 1.39. The number of anilines is 1. The second-order valence-electron chi connectivity index (χ2n) is 1.76. The highest BCUT2D eigenvalue weighted by atomic mass is 79.9. The zero-order chi connectivity index (χ0) is 8.43. The van der Waals surface area contributed by atoms with Gasteiger partial charge in [0.25, 0.3) is 6.43 Å². The van der Waals surface area contributed by atoms with Crippen molar-refractivity contribution in [3.63, 3.8) is 0 Å². The van der Waals surface area contributed by atoms with Crippen molar-refractivity contribution in [3.8, 4) is 0 Å². The molecule has 0 saturated heterocycles. The summed E-state index contributed by atoms with van der Waals surface area (Å²) in [7, 11) is 0. The predicted octanol–water partition coefficient (Wildman–Crippen LogP) is 1.76. The summed E-state index contributed by atoms with van der Waals surface area (Å²) in [6.07, 6.45) is -1.42. The standard InChI is InChI=1S/C5H4BrF2N3/c6-2-1-10-5(9)3(11-2)4(7)8/h1,4H,(H2,9,10). The lowest BCUT2D eigenvalue weighted by atomic mass is 10.4. The summed E-state index contributed by atoms with van der Waals surface area (Å²) in [6.45, 7) is 0. The Balaban J connectivity index is 3.13. The van der Waals surface area contributed by atoms with Gasteiger partial charge in [0.1, 0.15) is 10.3 Å². The molecule has 60 valence electrons. The molecule has 11 heavy (non-hydrogen) atoms. The van der Waals surface area contributed by atoms with Gasteiger partial charge in [0.2, 0.25) is 0 Å². The summed E-state index contributed by atoms with van der Waals surface area (Å²) < 4.78 is 24.3. The molecule has 3 nitrogen and oxygen atoms in total. The Morgan fingerprint density at radius 3 is 2.64 bits per heavy atom. The number of nitrogen functional groups attached to an aromatic ring is 1. The van der Waals surface area contributed by atoms with E-state index in [0.717, 1.165) is 0 Å². The highest BCUT2D eigenvalue weighted by Gasteiger charge is 2.13. The Labute approximate surface area is 69.8 Å². The maximum atomic E-state index is 12.0. The zero-order valence-electron chi connectivity index (χ0n) is 5.26. The maximum absolute atomic E-state index is 12.0. The third kappa shape index (κ3) is 1.83. The molecule has 6 heteroatoms. The summed E-state index contributed by atoms with van der Waals surface area (Å²) in [5.74, 6) is -0.233. The van der Waals surface area contributed by atoms with Crippen molar-refractivity contribution in [2.45, 2.75) is 6.43 Å². The van der Waals surface area contributed by atoms with Crippen LogP contribution in [-0.2, 0) is 0 Å². The first kappa shape index (κ1) is 8.32. The Morgan fingerprint density at radius 2 is 2.18 bits per heavy atom. The molecule has 0 spiro atoms. The van der Waals surface area contributed by atoms with Gasteiger partial charge in [-0.1, -0.05) is 0 Å². The SMILES string of the molecule is Nc1ncc(Br)nc1C(F)F. The molecule has 0 unspecified atom stereocenters. The van der Waals surface area contributed by atoms with Crippen LogP contribution in [0.2, 0.25) is 0 Å². The van der Waals surface area contributed by atoms with E-state index in [2.05, 4.69) is 25.9 Å². The van der Waals surface area contributed by atoms with E-state index in [0.29, 0.717) is 0 Å². The Morgan fingerprint density at radius 1 is 1.55 bits per heavy atom. The smallest absolute Gasteiger partial charge is 0.284 e. The number of nitrogens with zero attached hydrogens (tertiary/aromatic N) is 2. The monoisotopic (exact) mass is 223 g/mol. The van der Waals surface area contributed by atoms with E-state index in [-0.39, 0.29) is 10.4 Å². The molecule has 0 bridgehead atoms. The van der Waals surface area contributed by atoms with Gasteiger partial charge in [-0.3, -0.25) is 0 Å². The first-order chi connectivity index (χ1) is 5.11. The van der Waals surface area contributed by atoms with Gasteiger partial charge in [0.15, 0.2) is 5.82 Å².